The second-order valence-corrected chi connectivity index (χ2v) is 6.69. The van der Waals surface area contributed by atoms with Gasteiger partial charge >= 0.3 is 0 Å². The Labute approximate surface area is 158 Å². The van der Waals surface area contributed by atoms with E-state index in [2.05, 4.69) is 36.4 Å². The maximum absolute atomic E-state index is 12.9. The number of rotatable bonds is 6. The Bertz CT molecular complexity index is 918. The van der Waals surface area contributed by atoms with E-state index in [1.54, 1.807) is 21.5 Å². The Kier molecular flexibility index (Phi) is 5.46. The summed E-state index contributed by atoms with van der Waals surface area (Å²) in [5.41, 5.74) is 2.77. The Hall–Kier alpha value is -2.55. The zero-order valence-electron chi connectivity index (χ0n) is 14.4. The molecule has 2 aromatic heterocycles. The Morgan fingerprint density at radius 1 is 1.23 bits per heavy atom. The lowest BCUT2D eigenvalue weighted by atomic mass is 10.2. The van der Waals surface area contributed by atoms with Crippen LogP contribution >= 0.6 is 15.9 Å². The number of halogens is 2. The maximum atomic E-state index is 12.9. The average molecular weight is 421 g/mol. The fraction of sp³-hybridized carbons (Fsp3) is 0.294. The van der Waals surface area contributed by atoms with Crippen molar-refractivity contribution >= 4 is 27.8 Å². The van der Waals surface area contributed by atoms with Gasteiger partial charge in [0.05, 0.1) is 23.3 Å². The van der Waals surface area contributed by atoms with Gasteiger partial charge < -0.3 is 0 Å². The summed E-state index contributed by atoms with van der Waals surface area (Å²) in [6.45, 7) is 4.77. The maximum Gasteiger partial charge on any atom is 0.248 e. The number of hydrogen-bond acceptors (Lipinski definition) is 4. The van der Waals surface area contributed by atoms with Gasteiger partial charge in [-0.25, -0.2) is 14.1 Å². The number of nitrogens with zero attached hydrogens (tertiary/aromatic N) is 5. The zero-order valence-corrected chi connectivity index (χ0v) is 16.0. The first-order chi connectivity index (χ1) is 12.4. The molecule has 7 nitrogen and oxygen atoms in total. The minimum Gasteiger partial charge on any atom is -0.293 e. The fourth-order valence-electron chi connectivity index (χ4n) is 2.49. The SMILES string of the molecule is Cc1nn(CCC(=O)Nc2ncn(Cc3ccc(F)cc3)n2)c(C)c1Br. The Balaban J connectivity index is 1.54. The van der Waals surface area contributed by atoms with E-state index >= 15 is 0 Å². The van der Waals surface area contributed by atoms with E-state index in [-0.39, 0.29) is 24.1 Å². The van der Waals surface area contributed by atoms with Crippen LogP contribution in [0.2, 0.25) is 0 Å². The summed E-state index contributed by atoms with van der Waals surface area (Å²) in [6, 6.07) is 6.15. The Morgan fingerprint density at radius 3 is 2.62 bits per heavy atom. The highest BCUT2D eigenvalue weighted by Crippen LogP contribution is 2.19. The van der Waals surface area contributed by atoms with Gasteiger partial charge in [0.1, 0.15) is 12.1 Å². The van der Waals surface area contributed by atoms with Crippen molar-refractivity contribution in [3.63, 3.8) is 0 Å². The molecule has 26 heavy (non-hydrogen) atoms. The quantitative estimate of drug-likeness (QED) is 0.664. The van der Waals surface area contributed by atoms with Gasteiger partial charge in [0.2, 0.25) is 11.9 Å². The summed E-state index contributed by atoms with van der Waals surface area (Å²) < 4.78 is 17.3. The van der Waals surface area contributed by atoms with E-state index in [0.717, 1.165) is 21.4 Å². The number of carbonyl (C=O) groups excluding carboxylic acids is 1. The number of aromatic nitrogens is 5. The van der Waals surface area contributed by atoms with Crippen molar-refractivity contribution in [3.8, 4) is 0 Å². The lowest BCUT2D eigenvalue weighted by Gasteiger charge is -2.04. The van der Waals surface area contributed by atoms with Crippen molar-refractivity contribution in [1.82, 2.24) is 24.5 Å². The van der Waals surface area contributed by atoms with Crippen LogP contribution in [0.25, 0.3) is 0 Å². The lowest BCUT2D eigenvalue weighted by Crippen LogP contribution is -2.16. The van der Waals surface area contributed by atoms with Crippen LogP contribution in [0.15, 0.2) is 35.1 Å². The van der Waals surface area contributed by atoms with Gasteiger partial charge in [-0.05, 0) is 47.5 Å². The van der Waals surface area contributed by atoms with Gasteiger partial charge in [-0.15, -0.1) is 5.10 Å². The first kappa shape index (κ1) is 18.2. The highest BCUT2D eigenvalue weighted by atomic mass is 79.9. The molecular formula is C17H18BrFN6O. The van der Waals surface area contributed by atoms with Gasteiger partial charge in [-0.3, -0.25) is 14.8 Å². The van der Waals surface area contributed by atoms with E-state index in [4.69, 9.17) is 0 Å². The van der Waals surface area contributed by atoms with Gasteiger partial charge in [-0.2, -0.15) is 5.10 Å². The standard InChI is InChI=1S/C17H18BrFN6O/c1-11-16(18)12(2)25(22-11)8-7-15(26)21-17-20-10-24(23-17)9-13-3-5-14(19)6-4-13/h3-6,10H,7-9H2,1-2H3,(H,21,23,26). The molecule has 3 aromatic rings. The van der Waals surface area contributed by atoms with Crippen molar-refractivity contribution < 1.29 is 9.18 Å². The molecule has 0 saturated heterocycles. The van der Waals surface area contributed by atoms with Gasteiger partial charge in [0, 0.05) is 12.1 Å². The van der Waals surface area contributed by atoms with Crippen LogP contribution in [0.5, 0.6) is 0 Å². The largest absolute Gasteiger partial charge is 0.293 e. The van der Waals surface area contributed by atoms with Crippen LogP contribution in [0.4, 0.5) is 10.3 Å². The van der Waals surface area contributed by atoms with Crippen LogP contribution in [0.1, 0.15) is 23.4 Å². The van der Waals surface area contributed by atoms with Crippen LogP contribution in [0, 0.1) is 19.7 Å². The smallest absolute Gasteiger partial charge is 0.248 e. The Morgan fingerprint density at radius 2 is 1.96 bits per heavy atom. The molecule has 1 aromatic carbocycles. The summed E-state index contributed by atoms with van der Waals surface area (Å²) in [4.78, 5) is 16.2. The lowest BCUT2D eigenvalue weighted by molar-refractivity contribution is -0.116. The molecule has 0 aliphatic rings. The average Bonchev–Trinajstić information content (AvgIpc) is 3.15. The third-order valence-electron chi connectivity index (χ3n) is 3.89. The summed E-state index contributed by atoms with van der Waals surface area (Å²) >= 11 is 3.47. The molecule has 0 spiro atoms. The molecule has 0 bridgehead atoms. The van der Waals surface area contributed by atoms with Crippen molar-refractivity contribution in [2.75, 3.05) is 5.32 Å². The molecule has 0 fully saturated rings. The number of amides is 1. The topological polar surface area (TPSA) is 77.6 Å². The van der Waals surface area contributed by atoms with Crippen LogP contribution in [0.3, 0.4) is 0 Å². The van der Waals surface area contributed by atoms with E-state index in [9.17, 15) is 9.18 Å². The van der Waals surface area contributed by atoms with Crippen LogP contribution in [-0.2, 0) is 17.9 Å². The molecule has 1 amide bonds. The summed E-state index contributed by atoms with van der Waals surface area (Å²) in [6.07, 6.45) is 1.79. The molecule has 0 aliphatic heterocycles. The predicted molar refractivity (Wildman–Crippen MR) is 98.2 cm³/mol. The minimum absolute atomic E-state index is 0.187. The molecule has 136 valence electrons. The molecular weight excluding hydrogens is 403 g/mol. The molecule has 0 aliphatic carbocycles. The summed E-state index contributed by atoms with van der Waals surface area (Å²) in [7, 11) is 0. The molecule has 1 N–H and O–H groups in total. The van der Waals surface area contributed by atoms with Crippen LogP contribution < -0.4 is 5.32 Å². The first-order valence-corrected chi connectivity index (χ1v) is 8.85. The molecule has 0 atom stereocenters. The number of benzene rings is 1. The second-order valence-electron chi connectivity index (χ2n) is 5.90. The zero-order chi connectivity index (χ0) is 18.7. The summed E-state index contributed by atoms with van der Waals surface area (Å²) in [5, 5.41) is 11.3. The van der Waals surface area contributed by atoms with Crippen molar-refractivity contribution in [1.29, 1.82) is 0 Å². The van der Waals surface area contributed by atoms with Crippen molar-refractivity contribution in [2.24, 2.45) is 0 Å². The predicted octanol–water partition coefficient (Wildman–Crippen LogP) is 3.07. The second kappa shape index (κ2) is 7.77. The van der Waals surface area contributed by atoms with Crippen molar-refractivity contribution in [2.45, 2.75) is 33.4 Å². The number of carbonyl (C=O) groups is 1. The highest BCUT2D eigenvalue weighted by Gasteiger charge is 2.11. The third-order valence-corrected chi connectivity index (χ3v) is 5.04. The molecule has 2 heterocycles. The molecule has 9 heteroatoms. The number of aryl methyl sites for hydroxylation is 2. The number of hydrogen-bond donors (Lipinski definition) is 1. The molecule has 0 saturated carbocycles. The third kappa shape index (κ3) is 4.34. The van der Waals surface area contributed by atoms with E-state index in [1.807, 2.05) is 13.8 Å². The monoisotopic (exact) mass is 420 g/mol. The van der Waals surface area contributed by atoms with Crippen molar-refractivity contribution in [3.05, 3.63) is 57.8 Å². The molecule has 0 unspecified atom stereocenters. The van der Waals surface area contributed by atoms with E-state index in [1.165, 1.54) is 18.5 Å². The normalized spacial score (nSPS) is 10.9. The first-order valence-electron chi connectivity index (χ1n) is 8.05. The minimum atomic E-state index is -0.282. The number of anilines is 1. The van der Waals surface area contributed by atoms with Crippen LogP contribution in [-0.4, -0.2) is 30.5 Å². The van der Waals surface area contributed by atoms with E-state index < -0.39 is 0 Å². The molecule has 0 radical (unpaired) electrons. The van der Waals surface area contributed by atoms with Gasteiger partial charge in [0.25, 0.3) is 0 Å². The van der Waals surface area contributed by atoms with Gasteiger partial charge in [-0.1, -0.05) is 12.1 Å². The summed E-state index contributed by atoms with van der Waals surface area (Å²) in [5.74, 6) is -0.227. The highest BCUT2D eigenvalue weighted by molar-refractivity contribution is 9.10. The van der Waals surface area contributed by atoms with E-state index in [0.29, 0.717) is 13.1 Å². The number of nitrogens with one attached hydrogen (secondary N) is 1. The van der Waals surface area contributed by atoms with Gasteiger partial charge in [0.15, 0.2) is 0 Å². The fourth-order valence-corrected chi connectivity index (χ4v) is 2.78. The molecule has 3 rings (SSSR count).